The smallest absolute Gasteiger partial charge is 0.180 e. The van der Waals surface area contributed by atoms with E-state index in [-0.39, 0.29) is 5.78 Å². The molecule has 0 atom stereocenters. The van der Waals surface area contributed by atoms with Crippen LogP contribution in [0.15, 0.2) is 3.79 Å². The topological polar surface area (TPSA) is 30.0 Å². The van der Waals surface area contributed by atoms with Crippen molar-refractivity contribution in [1.29, 1.82) is 0 Å². The number of carbonyl (C=O) groups excluding carboxylic acids is 1. The van der Waals surface area contributed by atoms with E-state index in [1.165, 1.54) is 18.3 Å². The van der Waals surface area contributed by atoms with Gasteiger partial charge in [-0.2, -0.15) is 0 Å². The predicted molar refractivity (Wildman–Crippen MR) is 44.6 cm³/mol. The molecule has 0 spiro atoms. The third kappa shape index (κ3) is 1.44. The maximum Gasteiger partial charge on any atom is 0.180 e. The number of Topliss-reactive ketones (excluding diaryl/α,β-unsaturated/α-hetero) is 1. The van der Waals surface area contributed by atoms with E-state index in [2.05, 4.69) is 20.9 Å². The van der Waals surface area contributed by atoms with Crippen LogP contribution in [0, 0.1) is 6.92 Å². The van der Waals surface area contributed by atoms with E-state index in [0.29, 0.717) is 5.69 Å². The van der Waals surface area contributed by atoms with Gasteiger partial charge in [-0.15, -0.1) is 11.3 Å². The van der Waals surface area contributed by atoms with E-state index in [9.17, 15) is 4.79 Å². The maximum absolute atomic E-state index is 10.8. The zero-order valence-electron chi connectivity index (χ0n) is 5.64. The highest BCUT2D eigenvalue weighted by Gasteiger charge is 2.09. The SMILES string of the molecule is CC(=O)c1nc(C)sc1Br. The number of halogens is 1. The number of hydrogen-bond acceptors (Lipinski definition) is 3. The first-order chi connectivity index (χ1) is 4.61. The number of carbonyl (C=O) groups is 1. The van der Waals surface area contributed by atoms with E-state index in [1.54, 1.807) is 0 Å². The first-order valence-electron chi connectivity index (χ1n) is 2.75. The molecule has 1 heterocycles. The van der Waals surface area contributed by atoms with E-state index in [0.717, 1.165) is 8.79 Å². The number of ketones is 1. The highest BCUT2D eigenvalue weighted by Crippen LogP contribution is 2.24. The fraction of sp³-hybridized carbons (Fsp3) is 0.333. The van der Waals surface area contributed by atoms with E-state index >= 15 is 0 Å². The van der Waals surface area contributed by atoms with Crippen LogP contribution in [-0.4, -0.2) is 10.8 Å². The summed E-state index contributed by atoms with van der Waals surface area (Å²) in [5.41, 5.74) is 0.544. The van der Waals surface area contributed by atoms with Crippen molar-refractivity contribution in [2.75, 3.05) is 0 Å². The molecule has 54 valence electrons. The highest BCUT2D eigenvalue weighted by atomic mass is 79.9. The van der Waals surface area contributed by atoms with Gasteiger partial charge in [-0.05, 0) is 22.9 Å². The third-order valence-corrected chi connectivity index (χ3v) is 2.65. The Balaban J connectivity index is 3.15. The van der Waals surface area contributed by atoms with E-state index in [1.807, 2.05) is 6.92 Å². The van der Waals surface area contributed by atoms with Crippen LogP contribution in [0.4, 0.5) is 0 Å². The Labute approximate surface area is 71.4 Å². The Morgan fingerprint density at radius 2 is 2.30 bits per heavy atom. The quantitative estimate of drug-likeness (QED) is 0.680. The number of nitrogens with zero attached hydrogens (tertiary/aromatic N) is 1. The molecule has 0 unspecified atom stereocenters. The molecule has 1 rings (SSSR count). The van der Waals surface area contributed by atoms with Gasteiger partial charge in [0.05, 0.1) is 5.01 Å². The minimum Gasteiger partial charge on any atom is -0.293 e. The summed E-state index contributed by atoms with van der Waals surface area (Å²) >= 11 is 4.74. The van der Waals surface area contributed by atoms with Crippen LogP contribution in [0.1, 0.15) is 22.4 Å². The molecule has 0 aromatic carbocycles. The van der Waals surface area contributed by atoms with Gasteiger partial charge in [0.1, 0.15) is 9.48 Å². The molecule has 0 N–H and O–H groups in total. The number of hydrogen-bond donors (Lipinski definition) is 0. The Hall–Kier alpha value is -0.220. The maximum atomic E-state index is 10.8. The molecule has 0 fully saturated rings. The summed E-state index contributed by atoms with van der Waals surface area (Å²) in [6, 6.07) is 0. The Bertz CT molecular complexity index is 269. The van der Waals surface area contributed by atoms with Crippen molar-refractivity contribution in [2.24, 2.45) is 0 Å². The predicted octanol–water partition coefficient (Wildman–Crippen LogP) is 2.42. The molecule has 0 aliphatic heterocycles. The van der Waals surface area contributed by atoms with Crippen molar-refractivity contribution in [2.45, 2.75) is 13.8 Å². The zero-order chi connectivity index (χ0) is 7.72. The molecule has 0 bridgehead atoms. The summed E-state index contributed by atoms with van der Waals surface area (Å²) < 4.78 is 0.831. The van der Waals surface area contributed by atoms with Gasteiger partial charge in [-0.25, -0.2) is 4.98 Å². The fourth-order valence-electron chi connectivity index (χ4n) is 0.619. The third-order valence-electron chi connectivity index (χ3n) is 1.03. The Morgan fingerprint density at radius 1 is 1.70 bits per heavy atom. The lowest BCUT2D eigenvalue weighted by molar-refractivity contribution is 0.101. The van der Waals surface area contributed by atoms with Crippen LogP contribution >= 0.6 is 27.3 Å². The van der Waals surface area contributed by atoms with Crippen molar-refractivity contribution in [1.82, 2.24) is 4.98 Å². The average molecular weight is 220 g/mol. The molecule has 0 aliphatic carbocycles. The number of aromatic nitrogens is 1. The molecular weight excluding hydrogens is 214 g/mol. The van der Waals surface area contributed by atoms with Gasteiger partial charge >= 0.3 is 0 Å². The first kappa shape index (κ1) is 7.88. The number of rotatable bonds is 1. The summed E-state index contributed by atoms with van der Waals surface area (Å²) in [6.07, 6.45) is 0. The minimum atomic E-state index is 0.0104. The monoisotopic (exact) mass is 219 g/mol. The lowest BCUT2D eigenvalue weighted by Crippen LogP contribution is -1.92. The van der Waals surface area contributed by atoms with Crippen LogP contribution in [0.5, 0.6) is 0 Å². The second-order valence-corrected chi connectivity index (χ2v) is 4.43. The molecule has 1 aromatic heterocycles. The van der Waals surface area contributed by atoms with Crippen molar-refractivity contribution in [3.05, 3.63) is 14.5 Å². The van der Waals surface area contributed by atoms with Crippen molar-refractivity contribution >= 4 is 33.0 Å². The highest BCUT2D eigenvalue weighted by molar-refractivity contribution is 9.11. The molecule has 10 heavy (non-hydrogen) atoms. The van der Waals surface area contributed by atoms with Crippen molar-refractivity contribution < 1.29 is 4.79 Å². The second kappa shape index (κ2) is 2.80. The largest absolute Gasteiger partial charge is 0.293 e. The van der Waals surface area contributed by atoms with Crippen LogP contribution in [-0.2, 0) is 0 Å². The van der Waals surface area contributed by atoms with Crippen LogP contribution in [0.3, 0.4) is 0 Å². The average Bonchev–Trinajstić information content (AvgIpc) is 2.10. The van der Waals surface area contributed by atoms with Gasteiger partial charge in [0.15, 0.2) is 5.78 Å². The fourth-order valence-corrected chi connectivity index (χ4v) is 2.37. The first-order valence-corrected chi connectivity index (χ1v) is 4.36. The lowest BCUT2D eigenvalue weighted by atomic mass is 10.4. The van der Waals surface area contributed by atoms with Gasteiger partial charge in [-0.3, -0.25) is 4.79 Å². The molecule has 0 saturated carbocycles. The van der Waals surface area contributed by atoms with Crippen molar-refractivity contribution in [3.63, 3.8) is 0 Å². The molecule has 0 amide bonds. The molecular formula is C6H6BrNOS. The van der Waals surface area contributed by atoms with Gasteiger partial charge in [0.2, 0.25) is 0 Å². The molecule has 0 radical (unpaired) electrons. The van der Waals surface area contributed by atoms with E-state index in [4.69, 9.17) is 0 Å². The van der Waals surface area contributed by atoms with Crippen molar-refractivity contribution in [3.8, 4) is 0 Å². The Kier molecular flexibility index (Phi) is 2.21. The summed E-state index contributed by atoms with van der Waals surface area (Å²) in [5.74, 6) is 0.0104. The number of aryl methyl sites for hydroxylation is 1. The van der Waals surface area contributed by atoms with E-state index < -0.39 is 0 Å². The van der Waals surface area contributed by atoms with Crippen LogP contribution in [0.2, 0.25) is 0 Å². The van der Waals surface area contributed by atoms with Gasteiger partial charge in [0.25, 0.3) is 0 Å². The molecule has 1 aromatic rings. The standard InChI is InChI=1S/C6H6BrNOS/c1-3(9)5-6(7)10-4(2)8-5/h1-2H3. The van der Waals surface area contributed by atoms with Gasteiger partial charge < -0.3 is 0 Å². The Morgan fingerprint density at radius 3 is 2.50 bits per heavy atom. The normalized spacial score (nSPS) is 9.90. The second-order valence-electron chi connectivity index (χ2n) is 1.91. The lowest BCUT2D eigenvalue weighted by Gasteiger charge is -1.84. The molecule has 2 nitrogen and oxygen atoms in total. The summed E-state index contributed by atoms with van der Waals surface area (Å²) in [6.45, 7) is 3.39. The van der Waals surface area contributed by atoms with Crippen LogP contribution < -0.4 is 0 Å². The molecule has 4 heteroatoms. The summed E-state index contributed by atoms with van der Waals surface area (Å²) in [7, 11) is 0. The summed E-state index contributed by atoms with van der Waals surface area (Å²) in [4.78, 5) is 14.8. The van der Waals surface area contributed by atoms with Gasteiger partial charge in [-0.1, -0.05) is 0 Å². The number of thiazole rings is 1. The summed E-state index contributed by atoms with van der Waals surface area (Å²) in [5, 5.41) is 0.914. The van der Waals surface area contributed by atoms with Gasteiger partial charge in [0, 0.05) is 6.92 Å². The molecule has 0 aliphatic rings. The zero-order valence-corrected chi connectivity index (χ0v) is 8.04. The van der Waals surface area contributed by atoms with Crippen LogP contribution in [0.25, 0.3) is 0 Å². The minimum absolute atomic E-state index is 0.0104. The molecule has 0 saturated heterocycles.